The van der Waals surface area contributed by atoms with E-state index in [4.69, 9.17) is 0 Å². The zero-order valence-corrected chi connectivity index (χ0v) is 12.6. The number of aryl methyl sites for hydroxylation is 1. The molecule has 0 radical (unpaired) electrons. The van der Waals surface area contributed by atoms with Gasteiger partial charge in [0.2, 0.25) is 0 Å². The number of amides is 1. The molecular formula is C15H19N3OS. The van der Waals surface area contributed by atoms with Crippen molar-refractivity contribution in [3.63, 3.8) is 0 Å². The van der Waals surface area contributed by atoms with Crippen molar-refractivity contribution in [2.45, 2.75) is 19.9 Å². The third-order valence-electron chi connectivity index (χ3n) is 2.98. The van der Waals surface area contributed by atoms with Gasteiger partial charge in [0.25, 0.3) is 5.91 Å². The summed E-state index contributed by atoms with van der Waals surface area (Å²) >= 11 is 1.61. The summed E-state index contributed by atoms with van der Waals surface area (Å²) in [4.78, 5) is 17.7. The molecule has 0 bridgehead atoms. The Morgan fingerprint density at radius 3 is 2.85 bits per heavy atom. The van der Waals surface area contributed by atoms with Crippen molar-refractivity contribution in [1.29, 1.82) is 0 Å². The quantitative estimate of drug-likeness (QED) is 0.856. The molecule has 0 aliphatic carbocycles. The Balaban J connectivity index is 2.01. The van der Waals surface area contributed by atoms with Crippen LogP contribution in [0.1, 0.15) is 25.8 Å². The standard InChI is InChI=1S/C15H19N3OS/c1-11-9-17-14(20-11)10-18-15(19)13-6-4-3-5-12(13)7-8-16-2/h3-6,9,16H,7-8,10H2,1-2H3,(H,18,19). The van der Waals surface area contributed by atoms with E-state index in [-0.39, 0.29) is 5.91 Å². The Morgan fingerprint density at radius 2 is 2.15 bits per heavy atom. The van der Waals surface area contributed by atoms with Gasteiger partial charge >= 0.3 is 0 Å². The van der Waals surface area contributed by atoms with Crippen LogP contribution >= 0.6 is 11.3 Å². The zero-order valence-electron chi connectivity index (χ0n) is 11.8. The molecule has 0 unspecified atom stereocenters. The van der Waals surface area contributed by atoms with Crippen molar-refractivity contribution in [2.24, 2.45) is 0 Å². The van der Waals surface area contributed by atoms with Crippen molar-refractivity contribution in [3.05, 3.63) is 51.5 Å². The van der Waals surface area contributed by atoms with E-state index in [1.165, 1.54) is 0 Å². The topological polar surface area (TPSA) is 54.0 Å². The molecule has 2 aromatic rings. The van der Waals surface area contributed by atoms with E-state index >= 15 is 0 Å². The molecule has 20 heavy (non-hydrogen) atoms. The monoisotopic (exact) mass is 289 g/mol. The predicted molar refractivity (Wildman–Crippen MR) is 82.1 cm³/mol. The molecule has 106 valence electrons. The fourth-order valence-corrected chi connectivity index (χ4v) is 2.68. The highest BCUT2D eigenvalue weighted by atomic mass is 32.1. The molecule has 0 atom stereocenters. The second-order valence-electron chi connectivity index (χ2n) is 4.56. The van der Waals surface area contributed by atoms with Gasteiger partial charge in [-0.25, -0.2) is 4.98 Å². The maximum atomic E-state index is 12.3. The van der Waals surface area contributed by atoms with E-state index in [9.17, 15) is 4.79 Å². The number of carbonyl (C=O) groups excluding carboxylic acids is 1. The minimum atomic E-state index is -0.0374. The first kappa shape index (κ1) is 14.7. The van der Waals surface area contributed by atoms with E-state index in [0.717, 1.165) is 34.0 Å². The summed E-state index contributed by atoms with van der Waals surface area (Å²) in [6, 6.07) is 7.73. The van der Waals surface area contributed by atoms with Crippen LogP contribution in [0.4, 0.5) is 0 Å². The van der Waals surface area contributed by atoms with Gasteiger partial charge < -0.3 is 10.6 Å². The van der Waals surface area contributed by atoms with Crippen LogP contribution in [-0.4, -0.2) is 24.5 Å². The van der Waals surface area contributed by atoms with Crippen LogP contribution in [0.25, 0.3) is 0 Å². The van der Waals surface area contributed by atoms with Gasteiger partial charge in [-0.15, -0.1) is 11.3 Å². The molecular weight excluding hydrogens is 270 g/mol. The molecule has 0 saturated carbocycles. The number of hydrogen-bond donors (Lipinski definition) is 2. The summed E-state index contributed by atoms with van der Waals surface area (Å²) in [5, 5.41) is 6.97. The van der Waals surface area contributed by atoms with Gasteiger partial charge in [0.05, 0.1) is 6.54 Å². The lowest BCUT2D eigenvalue weighted by molar-refractivity contribution is 0.0950. The Hall–Kier alpha value is -1.72. The van der Waals surface area contributed by atoms with Crippen LogP contribution in [0, 0.1) is 6.92 Å². The lowest BCUT2D eigenvalue weighted by Gasteiger charge is -2.09. The van der Waals surface area contributed by atoms with Crippen LogP contribution in [0.5, 0.6) is 0 Å². The number of likely N-dealkylation sites (N-methyl/N-ethyl adjacent to an activating group) is 1. The number of carbonyl (C=O) groups is 1. The maximum Gasteiger partial charge on any atom is 0.251 e. The van der Waals surface area contributed by atoms with Crippen molar-refractivity contribution >= 4 is 17.2 Å². The van der Waals surface area contributed by atoms with E-state index < -0.39 is 0 Å². The van der Waals surface area contributed by atoms with E-state index in [0.29, 0.717) is 6.54 Å². The Morgan fingerprint density at radius 1 is 1.35 bits per heavy atom. The Labute approximate surface area is 123 Å². The minimum absolute atomic E-state index is 0.0374. The van der Waals surface area contributed by atoms with Gasteiger partial charge in [-0.1, -0.05) is 18.2 Å². The summed E-state index contributed by atoms with van der Waals surface area (Å²) in [6.07, 6.45) is 2.67. The second kappa shape index (κ2) is 7.17. The highest BCUT2D eigenvalue weighted by molar-refractivity contribution is 7.11. The molecule has 0 aliphatic rings. The molecule has 0 fully saturated rings. The number of rotatable bonds is 6. The predicted octanol–water partition coefficient (Wildman–Crippen LogP) is 2.14. The zero-order chi connectivity index (χ0) is 14.4. The molecule has 0 spiro atoms. The van der Waals surface area contributed by atoms with Gasteiger partial charge in [-0.05, 0) is 38.6 Å². The first-order valence-corrected chi connectivity index (χ1v) is 7.44. The number of nitrogens with zero attached hydrogens (tertiary/aromatic N) is 1. The summed E-state index contributed by atoms with van der Waals surface area (Å²) in [7, 11) is 1.91. The van der Waals surface area contributed by atoms with Crippen LogP contribution in [-0.2, 0) is 13.0 Å². The van der Waals surface area contributed by atoms with E-state index in [1.54, 1.807) is 11.3 Å². The molecule has 0 saturated heterocycles. The lowest BCUT2D eigenvalue weighted by atomic mass is 10.0. The fraction of sp³-hybridized carbons (Fsp3) is 0.333. The summed E-state index contributed by atoms with van der Waals surface area (Å²) in [5.74, 6) is -0.0374. The maximum absolute atomic E-state index is 12.3. The summed E-state index contributed by atoms with van der Waals surface area (Å²) in [5.41, 5.74) is 1.81. The normalized spacial score (nSPS) is 10.5. The molecule has 4 nitrogen and oxygen atoms in total. The average Bonchev–Trinajstić information content (AvgIpc) is 2.88. The van der Waals surface area contributed by atoms with Crippen LogP contribution in [0.3, 0.4) is 0 Å². The SMILES string of the molecule is CNCCc1ccccc1C(=O)NCc1ncc(C)s1. The molecule has 1 aromatic heterocycles. The van der Waals surface area contributed by atoms with E-state index in [1.807, 2.05) is 44.4 Å². The summed E-state index contributed by atoms with van der Waals surface area (Å²) < 4.78 is 0. The van der Waals surface area contributed by atoms with Gasteiger partial charge in [0, 0.05) is 16.6 Å². The van der Waals surface area contributed by atoms with Gasteiger partial charge in [-0.2, -0.15) is 0 Å². The Bertz CT molecular complexity index is 580. The largest absolute Gasteiger partial charge is 0.346 e. The van der Waals surface area contributed by atoms with Crippen molar-refractivity contribution in [1.82, 2.24) is 15.6 Å². The molecule has 0 aliphatic heterocycles. The molecule has 1 aromatic carbocycles. The first-order valence-electron chi connectivity index (χ1n) is 6.62. The van der Waals surface area contributed by atoms with Gasteiger partial charge in [-0.3, -0.25) is 4.79 Å². The molecule has 5 heteroatoms. The number of nitrogens with one attached hydrogen (secondary N) is 2. The highest BCUT2D eigenvalue weighted by Crippen LogP contribution is 2.12. The second-order valence-corrected chi connectivity index (χ2v) is 5.88. The Kier molecular flexibility index (Phi) is 5.26. The summed E-state index contributed by atoms with van der Waals surface area (Å²) in [6.45, 7) is 3.35. The van der Waals surface area contributed by atoms with Crippen molar-refractivity contribution in [2.75, 3.05) is 13.6 Å². The number of aromatic nitrogens is 1. The molecule has 2 rings (SSSR count). The first-order chi connectivity index (χ1) is 9.70. The van der Waals surface area contributed by atoms with Crippen molar-refractivity contribution in [3.8, 4) is 0 Å². The number of hydrogen-bond acceptors (Lipinski definition) is 4. The van der Waals surface area contributed by atoms with Crippen LogP contribution < -0.4 is 10.6 Å². The third-order valence-corrected chi connectivity index (χ3v) is 3.89. The highest BCUT2D eigenvalue weighted by Gasteiger charge is 2.10. The lowest BCUT2D eigenvalue weighted by Crippen LogP contribution is -2.24. The van der Waals surface area contributed by atoms with E-state index in [2.05, 4.69) is 15.6 Å². The van der Waals surface area contributed by atoms with Crippen molar-refractivity contribution < 1.29 is 4.79 Å². The van der Waals surface area contributed by atoms with Gasteiger partial charge in [0.1, 0.15) is 5.01 Å². The average molecular weight is 289 g/mol. The van der Waals surface area contributed by atoms with Gasteiger partial charge in [0.15, 0.2) is 0 Å². The van der Waals surface area contributed by atoms with Crippen LogP contribution in [0.15, 0.2) is 30.5 Å². The third kappa shape index (κ3) is 3.88. The van der Waals surface area contributed by atoms with Crippen LogP contribution in [0.2, 0.25) is 0 Å². The molecule has 2 N–H and O–H groups in total. The molecule has 1 amide bonds. The fourth-order valence-electron chi connectivity index (χ4n) is 1.95. The molecule has 1 heterocycles. The number of benzene rings is 1. The smallest absolute Gasteiger partial charge is 0.251 e. The number of thiazole rings is 1. The minimum Gasteiger partial charge on any atom is -0.346 e.